The number of para-hydroxylation sites is 1. The van der Waals surface area contributed by atoms with Gasteiger partial charge in [0.25, 0.3) is 5.91 Å². The summed E-state index contributed by atoms with van der Waals surface area (Å²) in [6, 6.07) is 16.0. The average molecular weight is 666 g/mol. The number of aromatic nitrogens is 4. The Morgan fingerprint density at radius 1 is 1.08 bits per heavy atom. The summed E-state index contributed by atoms with van der Waals surface area (Å²) >= 11 is 0. The summed E-state index contributed by atoms with van der Waals surface area (Å²) in [7, 11) is 0. The van der Waals surface area contributed by atoms with E-state index in [1.807, 2.05) is 24.3 Å². The first-order valence-corrected chi connectivity index (χ1v) is 16.7. The van der Waals surface area contributed by atoms with E-state index in [1.165, 1.54) is 12.4 Å². The molecule has 2 aromatic carbocycles. The van der Waals surface area contributed by atoms with Gasteiger partial charge in [-0.2, -0.15) is 10.4 Å². The number of benzene rings is 2. The molecule has 254 valence electrons. The van der Waals surface area contributed by atoms with E-state index in [9.17, 15) is 10.1 Å². The van der Waals surface area contributed by atoms with Crippen molar-refractivity contribution in [2.75, 3.05) is 58.2 Å². The molecule has 2 N–H and O–H groups in total. The normalized spacial score (nSPS) is 20.9. The molecule has 0 radical (unpaired) electrons. The number of morpholine rings is 1. The molecule has 3 aliphatic rings. The van der Waals surface area contributed by atoms with Crippen LogP contribution in [0.5, 0.6) is 11.5 Å². The van der Waals surface area contributed by atoms with Crippen molar-refractivity contribution in [3.8, 4) is 28.8 Å². The third-order valence-electron chi connectivity index (χ3n) is 9.82. The van der Waals surface area contributed by atoms with Crippen LogP contribution in [0.4, 0.5) is 10.2 Å². The predicted octanol–water partition coefficient (Wildman–Crippen LogP) is 4.42. The minimum absolute atomic E-state index is 0.116. The van der Waals surface area contributed by atoms with Gasteiger partial charge in [-0.3, -0.25) is 14.6 Å². The fourth-order valence-corrected chi connectivity index (χ4v) is 7.18. The lowest BCUT2D eigenvalue weighted by atomic mass is 9.95. The van der Waals surface area contributed by atoms with Crippen LogP contribution >= 0.6 is 0 Å². The number of fused-ring (bicyclic) bond motifs is 2. The molecule has 0 spiro atoms. The SMILES string of the molecule is CC(C)(/C=C(\C#N)C(=O)N1CCC[C@@H](n2nc(-c3ccc(Oc4ccccc4)cc3F)c3c(N)ncnc32)C1)N1CCN2CCOC[C@H]2C1. The summed E-state index contributed by atoms with van der Waals surface area (Å²) in [6.45, 7) is 9.89. The largest absolute Gasteiger partial charge is 0.457 e. The van der Waals surface area contributed by atoms with Crippen molar-refractivity contribution in [2.45, 2.75) is 44.3 Å². The molecular formula is C36H40FN9O3. The Bertz CT molecular complexity index is 1920. The third kappa shape index (κ3) is 6.59. The Balaban J connectivity index is 1.13. The van der Waals surface area contributed by atoms with Crippen molar-refractivity contribution in [3.05, 3.63) is 72.3 Å². The number of nitriles is 1. The number of carbonyl (C=O) groups excluding carboxylic acids is 1. The van der Waals surface area contributed by atoms with Gasteiger partial charge in [0.2, 0.25) is 0 Å². The first kappa shape index (κ1) is 32.6. The van der Waals surface area contributed by atoms with Gasteiger partial charge in [0.15, 0.2) is 5.65 Å². The summed E-state index contributed by atoms with van der Waals surface area (Å²) in [5, 5.41) is 15.5. The number of anilines is 1. The number of amides is 1. The maximum Gasteiger partial charge on any atom is 0.264 e. The number of halogens is 1. The van der Waals surface area contributed by atoms with Gasteiger partial charge in [-0.1, -0.05) is 18.2 Å². The number of nitrogens with two attached hydrogens (primary N) is 1. The highest BCUT2D eigenvalue weighted by Gasteiger charge is 2.37. The predicted molar refractivity (Wildman–Crippen MR) is 182 cm³/mol. The molecule has 7 rings (SSSR count). The number of likely N-dealkylation sites (tertiary alicyclic amines) is 1. The highest BCUT2D eigenvalue weighted by Crippen LogP contribution is 2.36. The second-order valence-electron chi connectivity index (χ2n) is 13.4. The van der Waals surface area contributed by atoms with Crippen LogP contribution in [-0.2, 0) is 9.53 Å². The van der Waals surface area contributed by atoms with Crippen LogP contribution in [0.15, 0.2) is 66.5 Å². The number of nitrogen functional groups attached to an aromatic ring is 1. The molecule has 0 bridgehead atoms. The average Bonchev–Trinajstić information content (AvgIpc) is 3.51. The maximum absolute atomic E-state index is 15.7. The van der Waals surface area contributed by atoms with Crippen molar-refractivity contribution in [2.24, 2.45) is 0 Å². The lowest BCUT2D eigenvalue weighted by Crippen LogP contribution is -2.61. The zero-order chi connectivity index (χ0) is 34.1. The van der Waals surface area contributed by atoms with Crippen LogP contribution in [0.25, 0.3) is 22.3 Å². The molecule has 0 unspecified atom stereocenters. The number of hydrogen-bond acceptors (Lipinski definition) is 10. The van der Waals surface area contributed by atoms with Gasteiger partial charge in [-0.15, -0.1) is 0 Å². The lowest BCUT2D eigenvalue weighted by Gasteiger charge is -2.48. The third-order valence-corrected chi connectivity index (χ3v) is 9.82. The van der Waals surface area contributed by atoms with Crippen molar-refractivity contribution >= 4 is 22.8 Å². The van der Waals surface area contributed by atoms with Crippen molar-refractivity contribution in [3.63, 3.8) is 0 Å². The number of nitrogens with zero attached hydrogens (tertiary/aromatic N) is 8. The van der Waals surface area contributed by atoms with Crippen LogP contribution in [0, 0.1) is 17.1 Å². The number of piperazine rings is 1. The van der Waals surface area contributed by atoms with Crippen LogP contribution in [-0.4, -0.2) is 104 Å². The van der Waals surface area contributed by atoms with Gasteiger partial charge < -0.3 is 20.1 Å². The summed E-state index contributed by atoms with van der Waals surface area (Å²) in [6.07, 6.45) is 4.57. The van der Waals surface area contributed by atoms with Gasteiger partial charge in [-0.25, -0.2) is 19.0 Å². The van der Waals surface area contributed by atoms with E-state index in [0.29, 0.717) is 66.8 Å². The Kier molecular flexibility index (Phi) is 9.02. The summed E-state index contributed by atoms with van der Waals surface area (Å²) in [5.41, 5.74) is 6.93. The molecule has 2 atom stereocenters. The molecule has 3 fully saturated rings. The van der Waals surface area contributed by atoms with Gasteiger partial charge in [-0.05, 0) is 57.0 Å². The molecular weight excluding hydrogens is 625 g/mol. The van der Waals surface area contributed by atoms with E-state index >= 15 is 4.39 Å². The van der Waals surface area contributed by atoms with Gasteiger partial charge in [0.1, 0.15) is 46.8 Å². The molecule has 4 aromatic rings. The number of carbonyl (C=O) groups is 1. The molecule has 49 heavy (non-hydrogen) atoms. The van der Waals surface area contributed by atoms with Crippen molar-refractivity contribution in [1.29, 1.82) is 5.26 Å². The van der Waals surface area contributed by atoms with E-state index in [1.54, 1.807) is 33.8 Å². The standard InChI is InChI=1S/C36H40FN9O3/c1-36(2,45-14-13-43-15-16-48-22-26(43)21-45)18-24(19-38)35(47)44-12-6-7-25(20-44)46-34-31(33(39)40-23-41-34)32(42-46)29-11-10-28(17-30(29)37)49-27-8-4-3-5-9-27/h3-5,8-11,17-18,23,25-26H,6-7,12-16,20-22H2,1-2H3,(H2,39,40,41)/b24-18+/t25-,26-/m1/s1. The van der Waals surface area contributed by atoms with Crippen LogP contribution in [0.3, 0.4) is 0 Å². The number of piperidine rings is 1. The zero-order valence-corrected chi connectivity index (χ0v) is 27.8. The fraction of sp³-hybridized carbons (Fsp3) is 0.417. The minimum Gasteiger partial charge on any atom is -0.457 e. The van der Waals surface area contributed by atoms with E-state index in [0.717, 1.165) is 32.8 Å². The second kappa shape index (κ2) is 13.5. The molecule has 13 heteroatoms. The molecule has 0 aliphatic carbocycles. The molecule has 3 saturated heterocycles. The van der Waals surface area contributed by atoms with Crippen LogP contribution < -0.4 is 10.5 Å². The first-order valence-electron chi connectivity index (χ1n) is 16.7. The number of hydrogen-bond donors (Lipinski definition) is 1. The quantitative estimate of drug-likeness (QED) is 0.223. The molecule has 1 amide bonds. The Hall–Kier alpha value is -4.90. The van der Waals surface area contributed by atoms with Crippen LogP contribution in [0.1, 0.15) is 32.7 Å². The fourth-order valence-electron chi connectivity index (χ4n) is 7.18. The zero-order valence-electron chi connectivity index (χ0n) is 27.8. The molecule has 0 saturated carbocycles. The Morgan fingerprint density at radius 3 is 2.71 bits per heavy atom. The lowest BCUT2D eigenvalue weighted by molar-refractivity contribution is -0.128. The molecule has 5 heterocycles. The molecule has 2 aromatic heterocycles. The Labute approximate surface area is 284 Å². The van der Waals surface area contributed by atoms with E-state index in [2.05, 4.69) is 39.7 Å². The smallest absolute Gasteiger partial charge is 0.264 e. The molecule has 3 aliphatic heterocycles. The first-order chi connectivity index (χ1) is 23.7. The molecule has 12 nitrogen and oxygen atoms in total. The van der Waals surface area contributed by atoms with E-state index in [-0.39, 0.29) is 28.9 Å². The number of ether oxygens (including phenoxy) is 2. The summed E-state index contributed by atoms with van der Waals surface area (Å²) in [4.78, 5) is 29.1. The van der Waals surface area contributed by atoms with Crippen molar-refractivity contribution < 1.29 is 18.7 Å². The van der Waals surface area contributed by atoms with Crippen molar-refractivity contribution in [1.82, 2.24) is 34.4 Å². The highest BCUT2D eigenvalue weighted by molar-refractivity contribution is 5.99. The van der Waals surface area contributed by atoms with Gasteiger partial charge >= 0.3 is 0 Å². The number of rotatable bonds is 7. The van der Waals surface area contributed by atoms with Crippen LogP contribution in [0.2, 0.25) is 0 Å². The topological polar surface area (TPSA) is 139 Å². The maximum atomic E-state index is 15.7. The highest BCUT2D eigenvalue weighted by atomic mass is 19.1. The monoisotopic (exact) mass is 665 g/mol. The van der Waals surface area contributed by atoms with E-state index in [4.69, 9.17) is 20.3 Å². The van der Waals surface area contributed by atoms with Gasteiger partial charge in [0, 0.05) is 62.5 Å². The minimum atomic E-state index is -0.535. The van der Waals surface area contributed by atoms with E-state index < -0.39 is 11.4 Å². The summed E-state index contributed by atoms with van der Waals surface area (Å²) in [5.74, 6) is 0.264. The Morgan fingerprint density at radius 2 is 1.92 bits per heavy atom. The summed E-state index contributed by atoms with van der Waals surface area (Å²) < 4.78 is 28.9. The van der Waals surface area contributed by atoms with Gasteiger partial charge in [0.05, 0.1) is 24.6 Å². The second-order valence-corrected chi connectivity index (χ2v) is 13.4.